The summed E-state index contributed by atoms with van der Waals surface area (Å²) in [6.07, 6.45) is 15.1. The fourth-order valence-corrected chi connectivity index (χ4v) is 3.00. The van der Waals surface area contributed by atoms with Gasteiger partial charge in [-0.1, -0.05) is 66.8 Å². The topological polar surface area (TPSA) is 0 Å². The molecule has 0 aromatic heterocycles. The summed E-state index contributed by atoms with van der Waals surface area (Å²) in [7, 11) is 0. The van der Waals surface area contributed by atoms with Crippen molar-refractivity contribution in [3.05, 3.63) is 77.9 Å². The second-order valence-corrected chi connectivity index (χ2v) is 5.59. The van der Waals surface area contributed by atoms with Crippen molar-refractivity contribution in [3.63, 3.8) is 0 Å². The van der Waals surface area contributed by atoms with Gasteiger partial charge in [-0.3, -0.25) is 0 Å². The molecule has 0 fully saturated rings. The number of rotatable bonds is 2. The van der Waals surface area contributed by atoms with Crippen molar-refractivity contribution in [2.24, 2.45) is 5.92 Å². The molecule has 1 heteroatoms. The Bertz CT molecular complexity index is 561. The molecule has 0 saturated heterocycles. The first-order valence-corrected chi connectivity index (χ1v) is 7.22. The molecule has 96 valence electrons. The molecule has 0 saturated carbocycles. The Kier molecular flexibility index (Phi) is 3.70. The van der Waals surface area contributed by atoms with E-state index in [0.717, 1.165) is 12.8 Å². The highest BCUT2D eigenvalue weighted by molar-refractivity contribution is 6.22. The molecule has 3 rings (SSSR count). The number of alkyl halides is 1. The van der Waals surface area contributed by atoms with Crippen LogP contribution in [0.25, 0.3) is 5.57 Å². The fourth-order valence-electron chi connectivity index (χ4n) is 2.77. The average Bonchev–Trinajstić information content (AvgIpc) is 2.49. The Morgan fingerprint density at radius 1 is 1.00 bits per heavy atom. The Morgan fingerprint density at radius 2 is 1.84 bits per heavy atom. The standard InChI is InChI=1S/C18H17Cl/c19-16-11-12-17(14-7-3-1-4-8-14)18(13-16)15-9-5-2-6-10-15/h1-7,9-12,14,16H,8,13H2. The molecule has 0 N–H and O–H groups in total. The first-order chi connectivity index (χ1) is 9.34. The lowest BCUT2D eigenvalue weighted by Gasteiger charge is -2.24. The number of halogens is 1. The predicted molar refractivity (Wildman–Crippen MR) is 83.1 cm³/mol. The van der Waals surface area contributed by atoms with E-state index in [2.05, 4.69) is 66.8 Å². The van der Waals surface area contributed by atoms with Gasteiger partial charge in [-0.2, -0.15) is 0 Å². The average molecular weight is 269 g/mol. The summed E-state index contributed by atoms with van der Waals surface area (Å²) in [4.78, 5) is 0. The van der Waals surface area contributed by atoms with Gasteiger partial charge in [-0.25, -0.2) is 0 Å². The van der Waals surface area contributed by atoms with E-state index in [-0.39, 0.29) is 5.38 Å². The van der Waals surface area contributed by atoms with Gasteiger partial charge in [0.05, 0.1) is 5.38 Å². The molecule has 0 nitrogen and oxygen atoms in total. The van der Waals surface area contributed by atoms with E-state index in [1.165, 1.54) is 16.7 Å². The van der Waals surface area contributed by atoms with E-state index in [4.69, 9.17) is 11.6 Å². The number of hydrogen-bond donors (Lipinski definition) is 0. The molecule has 1 aromatic carbocycles. The van der Waals surface area contributed by atoms with Crippen molar-refractivity contribution < 1.29 is 0 Å². The molecule has 0 heterocycles. The van der Waals surface area contributed by atoms with Crippen molar-refractivity contribution >= 4 is 17.2 Å². The van der Waals surface area contributed by atoms with Crippen LogP contribution in [0.1, 0.15) is 18.4 Å². The van der Waals surface area contributed by atoms with Crippen LogP contribution in [0.2, 0.25) is 0 Å². The third-order valence-corrected chi connectivity index (χ3v) is 4.03. The Labute approximate surface area is 119 Å². The summed E-state index contributed by atoms with van der Waals surface area (Å²) in [6.45, 7) is 0. The zero-order valence-corrected chi connectivity index (χ0v) is 11.6. The van der Waals surface area contributed by atoms with Crippen LogP contribution in [-0.4, -0.2) is 5.38 Å². The molecule has 19 heavy (non-hydrogen) atoms. The van der Waals surface area contributed by atoms with E-state index in [1.54, 1.807) is 0 Å². The summed E-state index contributed by atoms with van der Waals surface area (Å²) in [5, 5.41) is 0.113. The van der Waals surface area contributed by atoms with Gasteiger partial charge >= 0.3 is 0 Å². The molecule has 2 aliphatic carbocycles. The fraction of sp³-hybridized carbons (Fsp3) is 0.222. The van der Waals surface area contributed by atoms with Crippen molar-refractivity contribution in [3.8, 4) is 0 Å². The zero-order valence-electron chi connectivity index (χ0n) is 10.8. The Morgan fingerprint density at radius 3 is 2.58 bits per heavy atom. The van der Waals surface area contributed by atoms with Gasteiger partial charge in [-0.05, 0) is 29.6 Å². The highest BCUT2D eigenvalue weighted by atomic mass is 35.5. The normalized spacial score (nSPS) is 25.9. The van der Waals surface area contributed by atoms with Gasteiger partial charge < -0.3 is 0 Å². The maximum Gasteiger partial charge on any atom is 0.0559 e. The Hall–Kier alpha value is -1.53. The van der Waals surface area contributed by atoms with E-state index >= 15 is 0 Å². The lowest BCUT2D eigenvalue weighted by molar-refractivity contribution is 0.777. The molecule has 2 aliphatic rings. The van der Waals surface area contributed by atoms with Crippen LogP contribution < -0.4 is 0 Å². The monoisotopic (exact) mass is 268 g/mol. The number of hydrogen-bond acceptors (Lipinski definition) is 0. The van der Waals surface area contributed by atoms with Crippen LogP contribution in [0.5, 0.6) is 0 Å². The molecule has 0 radical (unpaired) electrons. The molecule has 0 aliphatic heterocycles. The van der Waals surface area contributed by atoms with E-state index in [1.807, 2.05) is 0 Å². The highest BCUT2D eigenvalue weighted by Crippen LogP contribution is 2.36. The maximum absolute atomic E-state index is 6.31. The largest absolute Gasteiger partial charge is 0.118 e. The van der Waals surface area contributed by atoms with Crippen molar-refractivity contribution in [1.29, 1.82) is 0 Å². The van der Waals surface area contributed by atoms with Gasteiger partial charge in [0, 0.05) is 5.92 Å². The third kappa shape index (κ3) is 2.74. The first-order valence-electron chi connectivity index (χ1n) is 6.78. The molecular formula is C18H17Cl. The second-order valence-electron chi connectivity index (χ2n) is 5.03. The molecule has 2 unspecified atom stereocenters. The van der Waals surface area contributed by atoms with E-state index < -0.39 is 0 Å². The van der Waals surface area contributed by atoms with Crippen LogP contribution in [-0.2, 0) is 0 Å². The maximum atomic E-state index is 6.31. The molecule has 0 bridgehead atoms. The van der Waals surface area contributed by atoms with Gasteiger partial charge in [0.2, 0.25) is 0 Å². The minimum absolute atomic E-state index is 0.113. The first kappa shape index (κ1) is 12.5. The molecule has 1 aromatic rings. The quantitative estimate of drug-likeness (QED) is 0.652. The van der Waals surface area contributed by atoms with Crippen LogP contribution in [0.3, 0.4) is 0 Å². The van der Waals surface area contributed by atoms with Gasteiger partial charge in [-0.15, -0.1) is 11.6 Å². The van der Waals surface area contributed by atoms with Crippen LogP contribution in [0.15, 0.2) is 72.4 Å². The van der Waals surface area contributed by atoms with Gasteiger partial charge in [0.25, 0.3) is 0 Å². The Balaban J connectivity index is 2.03. The van der Waals surface area contributed by atoms with Crippen molar-refractivity contribution in [2.45, 2.75) is 18.2 Å². The van der Waals surface area contributed by atoms with Crippen molar-refractivity contribution in [1.82, 2.24) is 0 Å². The number of benzene rings is 1. The molecular weight excluding hydrogens is 252 g/mol. The minimum atomic E-state index is 0.113. The summed E-state index contributed by atoms with van der Waals surface area (Å²) in [6, 6.07) is 10.6. The summed E-state index contributed by atoms with van der Waals surface area (Å²) in [5.74, 6) is 0.487. The number of allylic oxidation sites excluding steroid dienone is 8. The minimum Gasteiger partial charge on any atom is -0.118 e. The van der Waals surface area contributed by atoms with Crippen LogP contribution in [0.4, 0.5) is 0 Å². The molecule has 0 spiro atoms. The zero-order chi connectivity index (χ0) is 13.1. The van der Waals surface area contributed by atoms with Gasteiger partial charge in [0.1, 0.15) is 0 Å². The third-order valence-electron chi connectivity index (χ3n) is 3.73. The highest BCUT2D eigenvalue weighted by Gasteiger charge is 2.20. The van der Waals surface area contributed by atoms with E-state index in [0.29, 0.717) is 5.92 Å². The van der Waals surface area contributed by atoms with Gasteiger partial charge in [0.15, 0.2) is 0 Å². The van der Waals surface area contributed by atoms with Crippen LogP contribution in [0, 0.1) is 5.92 Å². The van der Waals surface area contributed by atoms with Crippen LogP contribution >= 0.6 is 11.6 Å². The lowest BCUT2D eigenvalue weighted by atomic mass is 9.82. The summed E-state index contributed by atoms with van der Waals surface area (Å²) in [5.41, 5.74) is 4.12. The molecule has 2 atom stereocenters. The SMILES string of the molecule is ClC1C=CC(C2C=CC=CC2)=C(c2ccccc2)C1. The van der Waals surface area contributed by atoms with Crippen molar-refractivity contribution in [2.75, 3.05) is 0 Å². The van der Waals surface area contributed by atoms with E-state index in [9.17, 15) is 0 Å². The lowest BCUT2D eigenvalue weighted by Crippen LogP contribution is -2.10. The second kappa shape index (κ2) is 5.63. The summed E-state index contributed by atoms with van der Waals surface area (Å²) < 4.78 is 0. The smallest absolute Gasteiger partial charge is 0.0559 e. The predicted octanol–water partition coefficient (Wildman–Crippen LogP) is 5.14. The summed E-state index contributed by atoms with van der Waals surface area (Å²) >= 11 is 6.31. The molecule has 0 amide bonds.